The average molecular weight is 332 g/mol. The Bertz CT molecular complexity index is 671. The van der Waals surface area contributed by atoms with Crippen LogP contribution in [0, 0.1) is 35.5 Å². The summed E-state index contributed by atoms with van der Waals surface area (Å²) in [5.74, 6) is -2.69. The van der Waals surface area contributed by atoms with E-state index in [4.69, 9.17) is 0 Å². The van der Waals surface area contributed by atoms with Crippen molar-refractivity contribution >= 4 is 11.6 Å². The van der Waals surface area contributed by atoms with Gasteiger partial charge in [0.2, 0.25) is 0 Å². The fourth-order valence-electron chi connectivity index (χ4n) is 5.40. The van der Waals surface area contributed by atoms with Gasteiger partial charge in [-0.15, -0.1) is 0 Å². The normalized spacial score (nSPS) is 44.8. The second-order valence-electron chi connectivity index (χ2n) is 8.54. The van der Waals surface area contributed by atoms with Crippen LogP contribution in [0.3, 0.4) is 0 Å². The summed E-state index contributed by atoms with van der Waals surface area (Å²) in [6.45, 7) is 11.1. The third-order valence-corrected chi connectivity index (χ3v) is 6.80. The first-order valence-electron chi connectivity index (χ1n) is 8.88. The predicted octanol–water partition coefficient (Wildman–Crippen LogP) is 2.30. The quantitative estimate of drug-likeness (QED) is 0.761. The maximum atomic E-state index is 13.1. The zero-order valence-electron chi connectivity index (χ0n) is 15.3. The molecule has 0 spiro atoms. The van der Waals surface area contributed by atoms with E-state index < -0.39 is 29.0 Å². The van der Waals surface area contributed by atoms with Crippen LogP contribution in [0.5, 0.6) is 0 Å². The lowest BCUT2D eigenvalue weighted by molar-refractivity contribution is -0.196. The molecule has 0 amide bonds. The van der Waals surface area contributed by atoms with Gasteiger partial charge in [-0.2, -0.15) is 0 Å². The van der Waals surface area contributed by atoms with Gasteiger partial charge in [-0.05, 0) is 31.8 Å². The fourth-order valence-corrected chi connectivity index (χ4v) is 5.40. The summed E-state index contributed by atoms with van der Waals surface area (Å²) in [6, 6.07) is 0. The highest BCUT2D eigenvalue weighted by atomic mass is 16.3. The predicted molar refractivity (Wildman–Crippen MR) is 91.1 cm³/mol. The van der Waals surface area contributed by atoms with Crippen LogP contribution >= 0.6 is 0 Å². The molecule has 0 radical (unpaired) electrons. The number of carbonyl (C=O) groups excluding carboxylic acids is 2. The van der Waals surface area contributed by atoms with E-state index in [-0.39, 0.29) is 29.3 Å². The van der Waals surface area contributed by atoms with Crippen molar-refractivity contribution in [2.45, 2.75) is 52.7 Å². The van der Waals surface area contributed by atoms with Gasteiger partial charge in [-0.3, -0.25) is 9.59 Å². The molecule has 1 saturated carbocycles. The molecule has 132 valence electrons. The van der Waals surface area contributed by atoms with E-state index in [0.717, 1.165) is 11.1 Å². The highest BCUT2D eigenvalue weighted by Crippen LogP contribution is 2.60. The molecular weight excluding hydrogens is 304 g/mol. The first-order valence-corrected chi connectivity index (χ1v) is 8.88. The van der Waals surface area contributed by atoms with E-state index in [1.807, 2.05) is 47.6 Å². The minimum atomic E-state index is -1.55. The van der Waals surface area contributed by atoms with Crippen LogP contribution in [-0.2, 0) is 9.59 Å². The van der Waals surface area contributed by atoms with E-state index in [0.29, 0.717) is 0 Å². The van der Waals surface area contributed by atoms with Crippen molar-refractivity contribution in [2.75, 3.05) is 0 Å². The van der Waals surface area contributed by atoms with Gasteiger partial charge < -0.3 is 10.2 Å². The van der Waals surface area contributed by atoms with Crippen molar-refractivity contribution < 1.29 is 19.8 Å². The van der Waals surface area contributed by atoms with Gasteiger partial charge in [-0.25, -0.2) is 0 Å². The summed E-state index contributed by atoms with van der Waals surface area (Å²) < 4.78 is 0. The molecule has 0 aliphatic heterocycles. The average Bonchev–Trinajstić information content (AvgIpc) is 2.48. The first kappa shape index (κ1) is 17.6. The Morgan fingerprint density at radius 2 is 1.50 bits per heavy atom. The summed E-state index contributed by atoms with van der Waals surface area (Å²) in [6.07, 6.45) is 3.45. The van der Waals surface area contributed by atoms with Crippen LogP contribution in [0.15, 0.2) is 23.3 Å². The molecule has 5 unspecified atom stereocenters. The van der Waals surface area contributed by atoms with E-state index in [1.54, 1.807) is 0 Å². The Balaban J connectivity index is 2.29. The number of hydrogen-bond donors (Lipinski definition) is 2. The van der Waals surface area contributed by atoms with Gasteiger partial charge in [-0.1, -0.05) is 44.9 Å². The Morgan fingerprint density at radius 3 is 2.00 bits per heavy atom. The van der Waals surface area contributed by atoms with E-state index in [9.17, 15) is 19.8 Å². The number of aliphatic hydroxyl groups is 2. The van der Waals surface area contributed by atoms with Crippen molar-refractivity contribution in [2.24, 2.45) is 35.5 Å². The Hall–Kier alpha value is -1.26. The van der Waals surface area contributed by atoms with Crippen LogP contribution in [0.2, 0.25) is 0 Å². The Morgan fingerprint density at radius 1 is 0.958 bits per heavy atom. The molecule has 0 aromatic carbocycles. The van der Waals surface area contributed by atoms with Crippen molar-refractivity contribution in [1.29, 1.82) is 0 Å². The second kappa shape index (κ2) is 5.12. The lowest BCUT2D eigenvalue weighted by atomic mass is 9.44. The maximum Gasteiger partial charge on any atom is 0.187 e. The highest BCUT2D eigenvalue weighted by Gasteiger charge is 2.69. The third-order valence-electron chi connectivity index (χ3n) is 6.80. The molecule has 2 bridgehead atoms. The number of hydrogen-bond acceptors (Lipinski definition) is 4. The van der Waals surface area contributed by atoms with E-state index >= 15 is 0 Å². The Kier molecular flexibility index (Phi) is 3.75. The minimum Gasteiger partial charge on any atom is -0.381 e. The number of carbonyl (C=O) groups is 2. The number of fused-ring (bicyclic) bond motifs is 1. The highest BCUT2D eigenvalue weighted by molar-refractivity contribution is 6.02. The molecule has 0 aromatic rings. The number of rotatable bonds is 2. The van der Waals surface area contributed by atoms with Gasteiger partial charge in [0.25, 0.3) is 0 Å². The molecule has 4 heteroatoms. The van der Waals surface area contributed by atoms with Gasteiger partial charge in [0.15, 0.2) is 11.6 Å². The van der Waals surface area contributed by atoms with Crippen LogP contribution < -0.4 is 0 Å². The number of Topliss-reactive ketones (excluding diaryl/α,β-unsaturated/α-hetero) is 1. The molecule has 2 N–H and O–H groups in total. The van der Waals surface area contributed by atoms with Crippen molar-refractivity contribution in [3.8, 4) is 0 Å². The lowest BCUT2D eigenvalue weighted by Crippen LogP contribution is -2.71. The molecule has 4 rings (SSSR count). The summed E-state index contributed by atoms with van der Waals surface area (Å²) in [4.78, 5) is 25.9. The van der Waals surface area contributed by atoms with Crippen LogP contribution in [0.25, 0.3) is 0 Å². The van der Waals surface area contributed by atoms with Crippen LogP contribution in [0.1, 0.15) is 41.5 Å². The number of ketones is 2. The van der Waals surface area contributed by atoms with Crippen LogP contribution in [0.4, 0.5) is 0 Å². The fraction of sp³-hybridized carbons (Fsp3) is 0.700. The largest absolute Gasteiger partial charge is 0.381 e. The molecule has 4 aliphatic carbocycles. The van der Waals surface area contributed by atoms with Gasteiger partial charge in [0.05, 0.1) is 0 Å². The monoisotopic (exact) mass is 332 g/mol. The van der Waals surface area contributed by atoms with E-state index in [2.05, 4.69) is 0 Å². The minimum absolute atomic E-state index is 0.156. The third kappa shape index (κ3) is 1.81. The van der Waals surface area contributed by atoms with E-state index in [1.165, 1.54) is 6.08 Å². The molecule has 24 heavy (non-hydrogen) atoms. The first-order chi connectivity index (χ1) is 11.0. The van der Waals surface area contributed by atoms with Crippen molar-refractivity contribution in [3.05, 3.63) is 23.3 Å². The van der Waals surface area contributed by atoms with Gasteiger partial charge >= 0.3 is 0 Å². The zero-order valence-corrected chi connectivity index (χ0v) is 15.3. The summed E-state index contributed by atoms with van der Waals surface area (Å²) in [5.41, 5.74) is -1.28. The van der Waals surface area contributed by atoms with Crippen molar-refractivity contribution in [1.82, 2.24) is 0 Å². The van der Waals surface area contributed by atoms with Crippen molar-refractivity contribution in [3.63, 3.8) is 0 Å². The molecule has 1 fully saturated rings. The molecule has 4 nitrogen and oxygen atoms in total. The SMILES string of the molecule is CC1=CC2C3C(C(C)=CC(=O)[C@@]3(O)C(C)C)C1C(=O)C2(O)C(C)C. The number of allylic oxidation sites excluding steroid dienone is 2. The zero-order chi connectivity index (χ0) is 18.2. The van der Waals surface area contributed by atoms with Crippen LogP contribution in [-0.4, -0.2) is 33.0 Å². The smallest absolute Gasteiger partial charge is 0.187 e. The summed E-state index contributed by atoms with van der Waals surface area (Å²) >= 11 is 0. The maximum absolute atomic E-state index is 13.1. The Labute approximate surface area is 143 Å². The molecule has 0 saturated heterocycles. The standard InChI is InChI=1S/C20H28O4/c1-9(2)19(23)13-7-11(5)16(18(19)22)15-12(6)8-14(21)20(24,10(3)4)17(13)15/h7-10,13,15-17,23-24H,1-6H3/t13?,15?,16?,17?,19?,20-/m0/s1. The lowest BCUT2D eigenvalue weighted by Gasteiger charge is -2.61. The summed E-state index contributed by atoms with van der Waals surface area (Å²) in [5, 5.41) is 22.7. The molecule has 0 heterocycles. The summed E-state index contributed by atoms with van der Waals surface area (Å²) in [7, 11) is 0. The van der Waals surface area contributed by atoms with Gasteiger partial charge in [0, 0.05) is 23.7 Å². The molecule has 6 atom stereocenters. The topological polar surface area (TPSA) is 74.6 Å². The second-order valence-corrected chi connectivity index (χ2v) is 8.54. The molecule has 0 aromatic heterocycles. The molecule has 4 aliphatic rings. The molecular formula is C20H28O4. The van der Waals surface area contributed by atoms with Gasteiger partial charge in [0.1, 0.15) is 11.2 Å².